The molecule has 0 amide bonds. The van der Waals surface area contributed by atoms with E-state index in [9.17, 15) is 4.39 Å². The standard InChI is InChI=1S/C12H12ClFN4/c13-10-2-1-8(11(14)4-10)3-12(18-15)9-5-16-7-17-6-9/h1-2,4-7,12,18H,3,15H2. The van der Waals surface area contributed by atoms with E-state index >= 15 is 0 Å². The molecule has 1 heterocycles. The lowest BCUT2D eigenvalue weighted by Crippen LogP contribution is -2.30. The molecular weight excluding hydrogens is 255 g/mol. The van der Waals surface area contributed by atoms with E-state index in [1.165, 1.54) is 12.4 Å². The first-order chi connectivity index (χ1) is 8.70. The molecule has 0 aliphatic carbocycles. The van der Waals surface area contributed by atoms with Crippen LogP contribution in [0.3, 0.4) is 0 Å². The second kappa shape index (κ2) is 5.86. The summed E-state index contributed by atoms with van der Waals surface area (Å²) >= 11 is 5.70. The molecule has 2 rings (SSSR count). The van der Waals surface area contributed by atoms with Crippen LogP contribution in [0.5, 0.6) is 0 Å². The fourth-order valence-corrected chi connectivity index (χ4v) is 1.83. The fraction of sp³-hybridized carbons (Fsp3) is 0.167. The molecule has 94 valence electrons. The maximum Gasteiger partial charge on any atom is 0.127 e. The molecule has 0 aliphatic heterocycles. The van der Waals surface area contributed by atoms with Gasteiger partial charge in [0, 0.05) is 23.0 Å². The van der Waals surface area contributed by atoms with Gasteiger partial charge < -0.3 is 0 Å². The Labute approximate surface area is 109 Å². The number of hydrazine groups is 1. The molecule has 0 saturated heterocycles. The Balaban J connectivity index is 2.21. The summed E-state index contributed by atoms with van der Waals surface area (Å²) in [6.45, 7) is 0. The monoisotopic (exact) mass is 266 g/mol. The Morgan fingerprint density at radius 3 is 2.67 bits per heavy atom. The summed E-state index contributed by atoms with van der Waals surface area (Å²) in [5.74, 6) is 5.13. The van der Waals surface area contributed by atoms with Crippen LogP contribution >= 0.6 is 11.6 Å². The Morgan fingerprint density at radius 1 is 1.33 bits per heavy atom. The van der Waals surface area contributed by atoms with Gasteiger partial charge in [0.05, 0.1) is 6.04 Å². The number of hydrogen-bond donors (Lipinski definition) is 2. The van der Waals surface area contributed by atoms with Gasteiger partial charge in [-0.05, 0) is 24.1 Å². The third-order valence-electron chi connectivity index (χ3n) is 2.62. The summed E-state index contributed by atoms with van der Waals surface area (Å²) in [6, 6.07) is 4.33. The van der Waals surface area contributed by atoms with E-state index in [0.717, 1.165) is 5.56 Å². The van der Waals surface area contributed by atoms with E-state index in [1.54, 1.807) is 24.5 Å². The lowest BCUT2D eigenvalue weighted by atomic mass is 10.0. The molecule has 1 aromatic carbocycles. The van der Waals surface area contributed by atoms with Crippen LogP contribution in [0.2, 0.25) is 5.02 Å². The second-order valence-corrected chi connectivity index (χ2v) is 4.27. The van der Waals surface area contributed by atoms with Crippen molar-refractivity contribution in [3.8, 4) is 0 Å². The molecule has 0 aliphatic rings. The highest BCUT2D eigenvalue weighted by atomic mass is 35.5. The van der Waals surface area contributed by atoms with Crippen LogP contribution in [0.1, 0.15) is 17.2 Å². The smallest absolute Gasteiger partial charge is 0.127 e. The Morgan fingerprint density at radius 2 is 2.06 bits per heavy atom. The van der Waals surface area contributed by atoms with Crippen molar-refractivity contribution in [3.05, 3.63) is 58.9 Å². The number of halogens is 2. The number of nitrogens with two attached hydrogens (primary N) is 1. The number of nitrogens with zero attached hydrogens (tertiary/aromatic N) is 2. The predicted octanol–water partition coefficient (Wildman–Crippen LogP) is 2.02. The van der Waals surface area contributed by atoms with Crippen molar-refractivity contribution in [1.82, 2.24) is 15.4 Å². The van der Waals surface area contributed by atoms with Crippen LogP contribution in [-0.2, 0) is 6.42 Å². The third-order valence-corrected chi connectivity index (χ3v) is 2.86. The van der Waals surface area contributed by atoms with Crippen molar-refractivity contribution in [2.45, 2.75) is 12.5 Å². The van der Waals surface area contributed by atoms with Crippen molar-refractivity contribution < 1.29 is 4.39 Å². The maximum absolute atomic E-state index is 13.7. The molecule has 2 aromatic rings. The molecule has 1 aromatic heterocycles. The minimum Gasteiger partial charge on any atom is -0.271 e. The van der Waals surface area contributed by atoms with Crippen LogP contribution in [0.25, 0.3) is 0 Å². The molecule has 1 unspecified atom stereocenters. The first-order valence-electron chi connectivity index (χ1n) is 5.35. The van der Waals surface area contributed by atoms with Gasteiger partial charge >= 0.3 is 0 Å². The Kier molecular flexibility index (Phi) is 4.19. The minimum atomic E-state index is -0.348. The summed E-state index contributed by atoms with van der Waals surface area (Å²) in [7, 11) is 0. The molecule has 6 heteroatoms. The first kappa shape index (κ1) is 12.9. The lowest BCUT2D eigenvalue weighted by molar-refractivity contribution is 0.526. The Hall–Kier alpha value is -1.56. The van der Waals surface area contributed by atoms with Gasteiger partial charge in [-0.15, -0.1) is 0 Å². The molecule has 4 nitrogen and oxygen atoms in total. The van der Waals surface area contributed by atoms with Gasteiger partial charge in [0.25, 0.3) is 0 Å². The molecule has 0 saturated carbocycles. The van der Waals surface area contributed by atoms with E-state index in [-0.39, 0.29) is 11.9 Å². The zero-order chi connectivity index (χ0) is 13.0. The first-order valence-corrected chi connectivity index (χ1v) is 5.73. The average Bonchev–Trinajstić information content (AvgIpc) is 2.39. The summed E-state index contributed by atoms with van der Waals surface area (Å²) in [6.07, 6.45) is 5.11. The van der Waals surface area contributed by atoms with Gasteiger partial charge in [0.2, 0.25) is 0 Å². The van der Waals surface area contributed by atoms with Crippen LogP contribution < -0.4 is 11.3 Å². The van der Waals surface area contributed by atoms with Crippen molar-refractivity contribution >= 4 is 11.6 Å². The summed E-state index contributed by atoms with van der Waals surface area (Å²) in [4.78, 5) is 7.82. The summed E-state index contributed by atoms with van der Waals surface area (Å²) in [5, 5.41) is 0.372. The highest BCUT2D eigenvalue weighted by Gasteiger charge is 2.13. The SMILES string of the molecule is NNC(Cc1ccc(Cl)cc1F)c1cncnc1. The zero-order valence-corrected chi connectivity index (χ0v) is 10.2. The van der Waals surface area contributed by atoms with Crippen molar-refractivity contribution in [3.63, 3.8) is 0 Å². The fourth-order valence-electron chi connectivity index (χ4n) is 1.67. The maximum atomic E-state index is 13.7. The average molecular weight is 267 g/mol. The van der Waals surface area contributed by atoms with E-state index < -0.39 is 0 Å². The van der Waals surface area contributed by atoms with Crippen molar-refractivity contribution in [2.24, 2.45) is 5.84 Å². The van der Waals surface area contributed by atoms with E-state index in [0.29, 0.717) is 17.0 Å². The number of rotatable bonds is 4. The lowest BCUT2D eigenvalue weighted by Gasteiger charge is -2.15. The van der Waals surface area contributed by atoms with Gasteiger partial charge in [-0.3, -0.25) is 11.3 Å². The van der Waals surface area contributed by atoms with Gasteiger partial charge in [-0.2, -0.15) is 0 Å². The van der Waals surface area contributed by atoms with E-state index in [1.807, 2.05) is 0 Å². The number of benzene rings is 1. The van der Waals surface area contributed by atoms with Gasteiger partial charge in [0.1, 0.15) is 12.1 Å². The van der Waals surface area contributed by atoms with Crippen LogP contribution in [-0.4, -0.2) is 9.97 Å². The van der Waals surface area contributed by atoms with Gasteiger partial charge in [-0.1, -0.05) is 17.7 Å². The molecular formula is C12H12ClFN4. The van der Waals surface area contributed by atoms with Gasteiger partial charge in [0.15, 0.2) is 0 Å². The Bertz CT molecular complexity index is 521. The number of aromatic nitrogens is 2. The summed E-state index contributed by atoms with van der Waals surface area (Å²) in [5.41, 5.74) is 3.96. The van der Waals surface area contributed by atoms with Crippen molar-refractivity contribution in [2.75, 3.05) is 0 Å². The molecule has 1 atom stereocenters. The molecule has 0 bridgehead atoms. The highest BCUT2D eigenvalue weighted by Crippen LogP contribution is 2.20. The number of nitrogens with one attached hydrogen (secondary N) is 1. The minimum absolute atomic E-state index is 0.248. The van der Waals surface area contributed by atoms with E-state index in [4.69, 9.17) is 17.4 Å². The van der Waals surface area contributed by atoms with Crippen LogP contribution in [0.4, 0.5) is 4.39 Å². The van der Waals surface area contributed by atoms with Crippen LogP contribution in [0, 0.1) is 5.82 Å². The predicted molar refractivity (Wildman–Crippen MR) is 67.2 cm³/mol. The van der Waals surface area contributed by atoms with Crippen molar-refractivity contribution in [1.29, 1.82) is 0 Å². The zero-order valence-electron chi connectivity index (χ0n) is 9.48. The second-order valence-electron chi connectivity index (χ2n) is 3.83. The van der Waals surface area contributed by atoms with Crippen LogP contribution in [0.15, 0.2) is 36.9 Å². The van der Waals surface area contributed by atoms with Gasteiger partial charge in [-0.25, -0.2) is 14.4 Å². The highest BCUT2D eigenvalue weighted by molar-refractivity contribution is 6.30. The van der Waals surface area contributed by atoms with E-state index in [2.05, 4.69) is 15.4 Å². The third kappa shape index (κ3) is 3.01. The topological polar surface area (TPSA) is 63.8 Å². The summed E-state index contributed by atoms with van der Waals surface area (Å²) < 4.78 is 13.7. The number of hydrogen-bond acceptors (Lipinski definition) is 4. The molecule has 0 spiro atoms. The quantitative estimate of drug-likeness (QED) is 0.656. The molecule has 0 radical (unpaired) electrons. The molecule has 18 heavy (non-hydrogen) atoms. The molecule has 3 N–H and O–H groups in total. The largest absolute Gasteiger partial charge is 0.271 e. The normalized spacial score (nSPS) is 12.4. The molecule has 0 fully saturated rings.